The van der Waals surface area contributed by atoms with Crippen LogP contribution >= 0.6 is 0 Å². The van der Waals surface area contributed by atoms with Crippen molar-refractivity contribution >= 4 is 5.69 Å². The summed E-state index contributed by atoms with van der Waals surface area (Å²) in [5.74, 6) is -0.119. The van der Waals surface area contributed by atoms with Crippen LogP contribution in [0.5, 0.6) is 0 Å². The van der Waals surface area contributed by atoms with Gasteiger partial charge in [-0.1, -0.05) is 19.1 Å². The standard InChI is InChI=1S/C15H23FN2O/c1-3-17-11-12-5-4-6-14(16)15(12)18-9-7-13(19-2)8-10-18/h4-6,13,17H,3,7-11H2,1-2H3. The molecule has 1 aromatic rings. The number of hydrogen-bond donors (Lipinski definition) is 1. The van der Waals surface area contributed by atoms with Crippen LogP contribution in [0.15, 0.2) is 18.2 Å². The number of anilines is 1. The molecule has 4 heteroatoms. The average Bonchev–Trinajstić information content (AvgIpc) is 2.45. The van der Waals surface area contributed by atoms with Crippen molar-refractivity contribution in [3.8, 4) is 0 Å². The van der Waals surface area contributed by atoms with E-state index in [1.54, 1.807) is 19.2 Å². The Balaban J connectivity index is 2.14. The highest BCUT2D eigenvalue weighted by Crippen LogP contribution is 2.28. The van der Waals surface area contributed by atoms with Crippen LogP contribution in [0.25, 0.3) is 0 Å². The molecule has 0 unspecified atom stereocenters. The fraction of sp³-hybridized carbons (Fsp3) is 0.600. The Kier molecular flexibility index (Phi) is 5.16. The molecule has 1 N–H and O–H groups in total. The Labute approximate surface area is 114 Å². The van der Waals surface area contributed by atoms with Crippen molar-refractivity contribution in [1.29, 1.82) is 0 Å². The Morgan fingerprint density at radius 3 is 2.74 bits per heavy atom. The van der Waals surface area contributed by atoms with E-state index in [2.05, 4.69) is 17.1 Å². The van der Waals surface area contributed by atoms with E-state index >= 15 is 0 Å². The largest absolute Gasteiger partial charge is 0.381 e. The van der Waals surface area contributed by atoms with E-state index in [4.69, 9.17) is 4.74 Å². The van der Waals surface area contributed by atoms with Gasteiger partial charge >= 0.3 is 0 Å². The molecule has 1 aromatic carbocycles. The van der Waals surface area contributed by atoms with Crippen LogP contribution in [-0.2, 0) is 11.3 Å². The van der Waals surface area contributed by atoms with Gasteiger partial charge in [-0.15, -0.1) is 0 Å². The monoisotopic (exact) mass is 266 g/mol. The van der Waals surface area contributed by atoms with Gasteiger partial charge in [0, 0.05) is 26.7 Å². The van der Waals surface area contributed by atoms with Crippen LogP contribution in [0.1, 0.15) is 25.3 Å². The second kappa shape index (κ2) is 6.87. The zero-order chi connectivity index (χ0) is 13.7. The maximum Gasteiger partial charge on any atom is 0.146 e. The van der Waals surface area contributed by atoms with Crippen molar-refractivity contribution in [2.45, 2.75) is 32.4 Å². The molecule has 0 amide bonds. The van der Waals surface area contributed by atoms with Gasteiger partial charge in [-0.05, 0) is 31.0 Å². The lowest BCUT2D eigenvalue weighted by Crippen LogP contribution is -2.38. The van der Waals surface area contributed by atoms with Crippen LogP contribution in [0, 0.1) is 5.82 Å². The zero-order valence-corrected chi connectivity index (χ0v) is 11.8. The number of nitrogens with one attached hydrogen (secondary N) is 1. The molecule has 0 spiro atoms. The third-order valence-corrected chi connectivity index (χ3v) is 3.73. The van der Waals surface area contributed by atoms with Crippen LogP contribution in [0.3, 0.4) is 0 Å². The first kappa shape index (κ1) is 14.3. The van der Waals surface area contributed by atoms with E-state index in [9.17, 15) is 4.39 Å². The summed E-state index contributed by atoms with van der Waals surface area (Å²) < 4.78 is 19.5. The molecule has 0 aromatic heterocycles. The first-order chi connectivity index (χ1) is 9.26. The van der Waals surface area contributed by atoms with E-state index in [0.717, 1.165) is 43.7 Å². The summed E-state index contributed by atoms with van der Waals surface area (Å²) in [5.41, 5.74) is 1.80. The molecule has 1 fully saturated rings. The minimum absolute atomic E-state index is 0.119. The fourth-order valence-corrected chi connectivity index (χ4v) is 2.63. The SMILES string of the molecule is CCNCc1cccc(F)c1N1CCC(OC)CC1. The molecule has 0 aliphatic carbocycles. The van der Waals surface area contributed by atoms with Gasteiger partial charge in [-0.3, -0.25) is 0 Å². The summed E-state index contributed by atoms with van der Waals surface area (Å²) in [5, 5.41) is 3.27. The van der Waals surface area contributed by atoms with Crippen LogP contribution in [0.4, 0.5) is 10.1 Å². The summed E-state index contributed by atoms with van der Waals surface area (Å²) in [6, 6.07) is 5.34. The van der Waals surface area contributed by atoms with E-state index in [-0.39, 0.29) is 5.82 Å². The lowest BCUT2D eigenvalue weighted by Gasteiger charge is -2.34. The van der Waals surface area contributed by atoms with Crippen molar-refractivity contribution < 1.29 is 9.13 Å². The molecule has 0 bridgehead atoms. The smallest absolute Gasteiger partial charge is 0.146 e. The minimum atomic E-state index is -0.119. The normalized spacial score (nSPS) is 16.9. The quantitative estimate of drug-likeness (QED) is 0.886. The van der Waals surface area contributed by atoms with Crippen molar-refractivity contribution in [2.75, 3.05) is 31.6 Å². The number of hydrogen-bond acceptors (Lipinski definition) is 3. The Hall–Kier alpha value is -1.13. The second-order valence-electron chi connectivity index (χ2n) is 4.95. The predicted molar refractivity (Wildman–Crippen MR) is 76.0 cm³/mol. The number of rotatable bonds is 5. The molecule has 1 saturated heterocycles. The van der Waals surface area contributed by atoms with Crippen LogP contribution in [-0.4, -0.2) is 32.8 Å². The summed E-state index contributed by atoms with van der Waals surface area (Å²) in [6.45, 7) is 5.38. The number of piperidine rings is 1. The molecule has 106 valence electrons. The lowest BCUT2D eigenvalue weighted by atomic mass is 10.0. The van der Waals surface area contributed by atoms with Crippen molar-refractivity contribution in [3.05, 3.63) is 29.6 Å². The van der Waals surface area contributed by atoms with Crippen molar-refractivity contribution in [3.63, 3.8) is 0 Å². The molecule has 19 heavy (non-hydrogen) atoms. The molecule has 0 atom stereocenters. The predicted octanol–water partition coefficient (Wildman–Crippen LogP) is 2.55. The second-order valence-corrected chi connectivity index (χ2v) is 4.95. The summed E-state index contributed by atoms with van der Waals surface area (Å²) in [4.78, 5) is 2.15. The van der Waals surface area contributed by atoms with Crippen molar-refractivity contribution in [2.24, 2.45) is 0 Å². The van der Waals surface area contributed by atoms with Crippen molar-refractivity contribution in [1.82, 2.24) is 5.32 Å². The number of benzene rings is 1. The van der Waals surface area contributed by atoms with E-state index in [0.29, 0.717) is 12.6 Å². The van der Waals surface area contributed by atoms with Crippen LogP contribution in [0.2, 0.25) is 0 Å². The summed E-state index contributed by atoms with van der Waals surface area (Å²) in [7, 11) is 1.75. The molecular formula is C15H23FN2O. The van der Waals surface area contributed by atoms with Gasteiger partial charge in [0.25, 0.3) is 0 Å². The highest BCUT2D eigenvalue weighted by molar-refractivity contribution is 5.55. The summed E-state index contributed by atoms with van der Waals surface area (Å²) in [6.07, 6.45) is 2.25. The Bertz CT molecular complexity index is 403. The molecule has 1 aliphatic heterocycles. The fourth-order valence-electron chi connectivity index (χ4n) is 2.63. The number of halogens is 1. The third-order valence-electron chi connectivity index (χ3n) is 3.73. The maximum absolute atomic E-state index is 14.1. The zero-order valence-electron chi connectivity index (χ0n) is 11.8. The molecule has 3 nitrogen and oxygen atoms in total. The van der Waals surface area contributed by atoms with Gasteiger partial charge in [0.1, 0.15) is 5.82 Å². The highest BCUT2D eigenvalue weighted by atomic mass is 19.1. The third kappa shape index (κ3) is 3.45. The number of methoxy groups -OCH3 is 1. The molecule has 1 heterocycles. The van der Waals surface area contributed by atoms with Gasteiger partial charge < -0.3 is 15.0 Å². The highest BCUT2D eigenvalue weighted by Gasteiger charge is 2.22. The Morgan fingerprint density at radius 2 is 2.11 bits per heavy atom. The van der Waals surface area contributed by atoms with E-state index in [1.807, 2.05) is 6.07 Å². The first-order valence-corrected chi connectivity index (χ1v) is 7.02. The van der Waals surface area contributed by atoms with Gasteiger partial charge in [0.2, 0.25) is 0 Å². The number of nitrogens with zero attached hydrogens (tertiary/aromatic N) is 1. The molecule has 0 radical (unpaired) electrons. The van der Waals surface area contributed by atoms with Gasteiger partial charge in [0.15, 0.2) is 0 Å². The van der Waals surface area contributed by atoms with Crippen LogP contribution < -0.4 is 10.2 Å². The molecule has 2 rings (SSSR count). The first-order valence-electron chi connectivity index (χ1n) is 7.02. The maximum atomic E-state index is 14.1. The topological polar surface area (TPSA) is 24.5 Å². The summed E-state index contributed by atoms with van der Waals surface area (Å²) >= 11 is 0. The molecule has 1 aliphatic rings. The van der Waals surface area contributed by atoms with Gasteiger partial charge in [0.05, 0.1) is 11.8 Å². The van der Waals surface area contributed by atoms with E-state index in [1.165, 1.54) is 0 Å². The molecular weight excluding hydrogens is 243 g/mol. The number of para-hydroxylation sites is 1. The Morgan fingerprint density at radius 1 is 1.37 bits per heavy atom. The van der Waals surface area contributed by atoms with Gasteiger partial charge in [-0.2, -0.15) is 0 Å². The molecule has 0 saturated carbocycles. The van der Waals surface area contributed by atoms with Gasteiger partial charge in [-0.25, -0.2) is 4.39 Å². The minimum Gasteiger partial charge on any atom is -0.381 e. The van der Waals surface area contributed by atoms with E-state index < -0.39 is 0 Å². The lowest BCUT2D eigenvalue weighted by molar-refractivity contribution is 0.0818. The average molecular weight is 266 g/mol. The number of ether oxygens (including phenoxy) is 1.